The Kier molecular flexibility index (Phi) is 2.79. The van der Waals surface area contributed by atoms with Crippen LogP contribution in [0.4, 0.5) is 0 Å². The SMILES string of the molecule is CC1CC(O)(c2sccc2C(=O)O)CS1. The molecule has 2 atom stereocenters. The molecule has 0 spiro atoms. The predicted octanol–water partition coefficient (Wildman–Crippen LogP) is 2.16. The van der Waals surface area contributed by atoms with Gasteiger partial charge in [0.2, 0.25) is 0 Å². The molecule has 0 saturated carbocycles. The quantitative estimate of drug-likeness (QED) is 0.837. The summed E-state index contributed by atoms with van der Waals surface area (Å²) in [7, 11) is 0. The number of hydrogen-bond donors (Lipinski definition) is 2. The van der Waals surface area contributed by atoms with Gasteiger partial charge in [0.05, 0.1) is 10.4 Å². The molecule has 1 aromatic heterocycles. The van der Waals surface area contributed by atoms with Crippen molar-refractivity contribution in [2.75, 3.05) is 5.75 Å². The van der Waals surface area contributed by atoms with Crippen molar-refractivity contribution in [2.24, 2.45) is 0 Å². The van der Waals surface area contributed by atoms with Crippen LogP contribution in [0.25, 0.3) is 0 Å². The maximum Gasteiger partial charge on any atom is 0.336 e. The number of hydrogen-bond acceptors (Lipinski definition) is 4. The molecule has 0 aromatic carbocycles. The fraction of sp³-hybridized carbons (Fsp3) is 0.500. The summed E-state index contributed by atoms with van der Waals surface area (Å²) >= 11 is 3.02. The molecule has 2 N–H and O–H groups in total. The normalized spacial score (nSPS) is 30.7. The number of carboxylic acids is 1. The van der Waals surface area contributed by atoms with E-state index in [4.69, 9.17) is 5.11 Å². The first-order valence-electron chi connectivity index (χ1n) is 4.68. The number of rotatable bonds is 2. The molecule has 0 amide bonds. The first-order valence-corrected chi connectivity index (χ1v) is 6.61. The molecule has 1 aliphatic heterocycles. The van der Waals surface area contributed by atoms with Crippen molar-refractivity contribution in [3.8, 4) is 0 Å². The van der Waals surface area contributed by atoms with Crippen LogP contribution in [-0.4, -0.2) is 27.2 Å². The fourth-order valence-electron chi connectivity index (χ4n) is 1.87. The Bertz CT molecular complexity index is 388. The third-order valence-corrected chi connectivity index (χ3v) is 5.04. The lowest BCUT2D eigenvalue weighted by Crippen LogP contribution is -2.26. The van der Waals surface area contributed by atoms with Gasteiger partial charge in [-0.15, -0.1) is 11.3 Å². The maximum absolute atomic E-state index is 11.0. The summed E-state index contributed by atoms with van der Waals surface area (Å²) in [6.07, 6.45) is 0.637. The van der Waals surface area contributed by atoms with Crippen LogP contribution in [0.2, 0.25) is 0 Å². The Hall–Kier alpha value is -0.520. The number of aromatic carboxylic acids is 1. The Morgan fingerprint density at radius 2 is 2.40 bits per heavy atom. The number of aliphatic hydroxyl groups is 1. The summed E-state index contributed by atoms with van der Waals surface area (Å²) in [6.45, 7) is 2.05. The van der Waals surface area contributed by atoms with E-state index >= 15 is 0 Å². The average molecular weight is 244 g/mol. The molecule has 0 bridgehead atoms. The molecule has 2 unspecified atom stereocenters. The Morgan fingerprint density at radius 3 is 2.93 bits per heavy atom. The highest BCUT2D eigenvalue weighted by Gasteiger charge is 2.40. The second-order valence-electron chi connectivity index (χ2n) is 3.83. The number of thioether (sulfide) groups is 1. The van der Waals surface area contributed by atoms with E-state index in [0.29, 0.717) is 22.3 Å². The molecule has 2 rings (SSSR count). The summed E-state index contributed by atoms with van der Waals surface area (Å²) in [6, 6.07) is 1.56. The molecule has 1 fully saturated rings. The van der Waals surface area contributed by atoms with E-state index in [1.54, 1.807) is 23.2 Å². The highest BCUT2D eigenvalue weighted by atomic mass is 32.2. The standard InChI is InChI=1S/C10H12O3S2/c1-6-4-10(13,5-15-6)8-7(9(11)12)2-3-14-8/h2-3,6,13H,4-5H2,1H3,(H,11,12). The zero-order valence-corrected chi connectivity index (χ0v) is 9.90. The second-order valence-corrected chi connectivity index (χ2v) is 6.17. The van der Waals surface area contributed by atoms with Crippen LogP contribution >= 0.6 is 23.1 Å². The minimum absolute atomic E-state index is 0.247. The molecule has 82 valence electrons. The minimum Gasteiger partial charge on any atom is -0.478 e. The van der Waals surface area contributed by atoms with E-state index < -0.39 is 11.6 Å². The van der Waals surface area contributed by atoms with Gasteiger partial charge < -0.3 is 10.2 Å². The molecule has 0 aliphatic carbocycles. The Balaban J connectivity index is 2.37. The van der Waals surface area contributed by atoms with E-state index in [2.05, 4.69) is 6.92 Å². The smallest absolute Gasteiger partial charge is 0.336 e. The summed E-state index contributed by atoms with van der Waals surface area (Å²) in [5, 5.41) is 21.5. The van der Waals surface area contributed by atoms with Crippen LogP contribution in [0, 0.1) is 0 Å². The van der Waals surface area contributed by atoms with Gasteiger partial charge in [0, 0.05) is 11.0 Å². The third-order valence-electron chi connectivity index (χ3n) is 2.55. The highest BCUT2D eigenvalue weighted by Crippen LogP contribution is 2.44. The summed E-state index contributed by atoms with van der Waals surface area (Å²) in [5.41, 5.74) is -0.691. The second kappa shape index (κ2) is 3.81. The Morgan fingerprint density at radius 1 is 1.67 bits per heavy atom. The van der Waals surface area contributed by atoms with E-state index in [9.17, 15) is 9.90 Å². The topological polar surface area (TPSA) is 57.5 Å². The van der Waals surface area contributed by atoms with Gasteiger partial charge in [-0.3, -0.25) is 0 Å². The molecule has 3 nitrogen and oxygen atoms in total. The monoisotopic (exact) mass is 244 g/mol. The number of thiophene rings is 1. The molecule has 0 radical (unpaired) electrons. The molecule has 1 aromatic rings. The van der Waals surface area contributed by atoms with Gasteiger partial charge in [0.15, 0.2) is 0 Å². The van der Waals surface area contributed by atoms with Gasteiger partial charge in [-0.2, -0.15) is 11.8 Å². The third kappa shape index (κ3) is 1.91. The largest absolute Gasteiger partial charge is 0.478 e. The average Bonchev–Trinajstić information content (AvgIpc) is 2.72. The van der Waals surface area contributed by atoms with E-state index in [0.717, 1.165) is 0 Å². The molecular weight excluding hydrogens is 232 g/mol. The van der Waals surface area contributed by atoms with E-state index in [1.165, 1.54) is 11.3 Å². The summed E-state index contributed by atoms with van der Waals surface area (Å²) < 4.78 is 0. The first kappa shape index (κ1) is 11.0. The molecule has 5 heteroatoms. The van der Waals surface area contributed by atoms with Gasteiger partial charge >= 0.3 is 5.97 Å². The van der Waals surface area contributed by atoms with Gasteiger partial charge in [0.25, 0.3) is 0 Å². The molecule has 15 heavy (non-hydrogen) atoms. The molecule has 2 heterocycles. The van der Waals surface area contributed by atoms with Crippen molar-refractivity contribution in [3.05, 3.63) is 21.9 Å². The van der Waals surface area contributed by atoms with Crippen molar-refractivity contribution in [1.29, 1.82) is 0 Å². The van der Waals surface area contributed by atoms with Crippen LogP contribution in [0.5, 0.6) is 0 Å². The van der Waals surface area contributed by atoms with Gasteiger partial charge in [-0.05, 0) is 17.9 Å². The summed E-state index contributed by atoms with van der Waals surface area (Å²) in [4.78, 5) is 11.6. The van der Waals surface area contributed by atoms with Gasteiger partial charge in [0.1, 0.15) is 5.60 Å². The van der Waals surface area contributed by atoms with E-state index in [-0.39, 0.29) is 5.56 Å². The lowest BCUT2D eigenvalue weighted by Gasteiger charge is -2.20. The van der Waals surface area contributed by atoms with Crippen LogP contribution < -0.4 is 0 Å². The van der Waals surface area contributed by atoms with E-state index in [1.807, 2.05) is 0 Å². The predicted molar refractivity (Wildman–Crippen MR) is 61.7 cm³/mol. The highest BCUT2D eigenvalue weighted by molar-refractivity contribution is 8.00. The van der Waals surface area contributed by atoms with Crippen molar-refractivity contribution in [1.82, 2.24) is 0 Å². The van der Waals surface area contributed by atoms with Gasteiger partial charge in [-0.25, -0.2) is 4.79 Å². The molecule has 1 saturated heterocycles. The fourth-order valence-corrected chi connectivity index (χ4v) is 4.17. The number of carboxylic acid groups (broad SMARTS) is 1. The molecular formula is C10H12O3S2. The molecule has 1 aliphatic rings. The lowest BCUT2D eigenvalue weighted by molar-refractivity contribution is 0.0575. The van der Waals surface area contributed by atoms with Crippen molar-refractivity contribution < 1.29 is 15.0 Å². The zero-order valence-electron chi connectivity index (χ0n) is 8.27. The van der Waals surface area contributed by atoms with Crippen molar-refractivity contribution >= 4 is 29.1 Å². The van der Waals surface area contributed by atoms with Crippen molar-refractivity contribution in [2.45, 2.75) is 24.2 Å². The van der Waals surface area contributed by atoms with Crippen LogP contribution in [0.15, 0.2) is 11.4 Å². The zero-order chi connectivity index (χ0) is 11.1. The Labute approximate surface area is 96.1 Å². The summed E-state index contributed by atoms with van der Waals surface area (Å²) in [5.74, 6) is -0.362. The first-order chi connectivity index (χ1) is 7.03. The van der Waals surface area contributed by atoms with Crippen LogP contribution in [0.1, 0.15) is 28.6 Å². The van der Waals surface area contributed by atoms with Crippen molar-refractivity contribution in [3.63, 3.8) is 0 Å². The lowest BCUT2D eigenvalue weighted by atomic mass is 9.96. The van der Waals surface area contributed by atoms with Gasteiger partial charge in [-0.1, -0.05) is 6.92 Å². The van der Waals surface area contributed by atoms with Crippen LogP contribution in [0.3, 0.4) is 0 Å². The number of carbonyl (C=O) groups is 1. The maximum atomic E-state index is 11.0. The van der Waals surface area contributed by atoms with Crippen LogP contribution in [-0.2, 0) is 5.60 Å². The minimum atomic E-state index is -0.954.